The van der Waals surface area contributed by atoms with Gasteiger partial charge < -0.3 is 24.7 Å². The highest BCUT2D eigenvalue weighted by molar-refractivity contribution is 7.09. The minimum Gasteiger partial charge on any atom is -0.550 e. The Balaban J connectivity index is 2.04. The van der Waals surface area contributed by atoms with Gasteiger partial charge in [0.05, 0.1) is 32.0 Å². The number of hydrogen-bond donors (Lipinski definition) is 1. The predicted octanol–water partition coefficient (Wildman–Crippen LogP) is 0.634. The van der Waals surface area contributed by atoms with E-state index in [2.05, 4.69) is 10.3 Å². The lowest BCUT2D eigenvalue weighted by Crippen LogP contribution is -2.24. The van der Waals surface area contributed by atoms with E-state index in [-0.39, 0.29) is 18.7 Å². The summed E-state index contributed by atoms with van der Waals surface area (Å²) < 4.78 is 10.3. The SMILES string of the molecule is COc1ccc(OC)c(NC(=O)Cc2nc(CC(=O)[O-])cs2)c1. The summed E-state index contributed by atoms with van der Waals surface area (Å²) >= 11 is 1.23. The number of carboxylic acids is 1. The van der Waals surface area contributed by atoms with E-state index in [0.29, 0.717) is 27.9 Å². The number of carbonyl (C=O) groups is 2. The Morgan fingerprint density at radius 2 is 2.04 bits per heavy atom. The molecule has 1 amide bonds. The smallest absolute Gasteiger partial charge is 0.231 e. The molecule has 0 atom stereocenters. The summed E-state index contributed by atoms with van der Waals surface area (Å²) in [4.78, 5) is 26.7. The van der Waals surface area contributed by atoms with E-state index in [1.807, 2.05) is 0 Å². The molecule has 1 aromatic carbocycles. The van der Waals surface area contributed by atoms with E-state index in [4.69, 9.17) is 9.47 Å². The largest absolute Gasteiger partial charge is 0.550 e. The number of aromatic nitrogens is 1. The normalized spacial score (nSPS) is 10.2. The van der Waals surface area contributed by atoms with Crippen LogP contribution in [0.3, 0.4) is 0 Å². The fourth-order valence-electron chi connectivity index (χ4n) is 1.90. The number of hydrogen-bond acceptors (Lipinski definition) is 7. The molecular formula is C15H15N2O5S-. The predicted molar refractivity (Wildman–Crippen MR) is 82.7 cm³/mol. The number of aliphatic carboxylic acids is 1. The van der Waals surface area contributed by atoms with Gasteiger partial charge >= 0.3 is 0 Å². The van der Waals surface area contributed by atoms with Crippen molar-refractivity contribution in [3.05, 3.63) is 34.3 Å². The number of thiazole rings is 1. The molecule has 2 aromatic rings. The Morgan fingerprint density at radius 1 is 1.26 bits per heavy atom. The molecule has 0 bridgehead atoms. The molecule has 2 rings (SSSR count). The Hall–Kier alpha value is -2.61. The molecule has 1 heterocycles. The molecular weight excluding hydrogens is 320 g/mol. The molecule has 1 N–H and O–H groups in total. The summed E-state index contributed by atoms with van der Waals surface area (Å²) in [6.45, 7) is 0. The van der Waals surface area contributed by atoms with E-state index >= 15 is 0 Å². The van der Waals surface area contributed by atoms with Crippen LogP contribution in [0, 0.1) is 0 Å². The van der Waals surface area contributed by atoms with Gasteiger partial charge in [0.1, 0.15) is 16.5 Å². The van der Waals surface area contributed by atoms with E-state index in [1.54, 1.807) is 23.6 Å². The van der Waals surface area contributed by atoms with Crippen LogP contribution in [0.2, 0.25) is 0 Å². The first-order valence-electron chi connectivity index (χ1n) is 6.67. The summed E-state index contributed by atoms with van der Waals surface area (Å²) in [7, 11) is 3.03. The molecule has 0 radical (unpaired) electrons. The number of carboxylic acid groups (broad SMARTS) is 1. The number of carbonyl (C=O) groups excluding carboxylic acids is 2. The minimum absolute atomic E-state index is 0.0398. The average Bonchev–Trinajstić information content (AvgIpc) is 2.93. The van der Waals surface area contributed by atoms with Crippen molar-refractivity contribution in [2.45, 2.75) is 12.8 Å². The van der Waals surface area contributed by atoms with Crippen molar-refractivity contribution < 1.29 is 24.2 Å². The van der Waals surface area contributed by atoms with Crippen molar-refractivity contribution in [1.29, 1.82) is 0 Å². The number of benzene rings is 1. The molecule has 7 nitrogen and oxygen atoms in total. The minimum atomic E-state index is -1.20. The second-order valence-electron chi connectivity index (χ2n) is 4.57. The second-order valence-corrected chi connectivity index (χ2v) is 5.52. The van der Waals surface area contributed by atoms with E-state index in [1.165, 1.54) is 25.6 Å². The Bertz CT molecular complexity index is 714. The van der Waals surface area contributed by atoms with Gasteiger partial charge in [0, 0.05) is 23.8 Å². The Labute approximate surface area is 136 Å². The molecule has 122 valence electrons. The average molecular weight is 335 g/mol. The first-order chi connectivity index (χ1) is 11.0. The fourth-order valence-corrected chi connectivity index (χ4v) is 2.70. The van der Waals surface area contributed by atoms with Crippen molar-refractivity contribution >= 4 is 28.9 Å². The molecule has 0 unspecified atom stereocenters. The summed E-state index contributed by atoms with van der Waals surface area (Å²) in [6.07, 6.45) is -0.222. The third-order valence-electron chi connectivity index (χ3n) is 2.92. The number of ether oxygens (including phenoxy) is 2. The van der Waals surface area contributed by atoms with Gasteiger partial charge in [0.2, 0.25) is 5.91 Å². The summed E-state index contributed by atoms with van der Waals surface area (Å²) in [5.41, 5.74) is 0.875. The summed E-state index contributed by atoms with van der Waals surface area (Å²) in [5.74, 6) is -0.388. The van der Waals surface area contributed by atoms with E-state index < -0.39 is 5.97 Å². The van der Waals surface area contributed by atoms with Crippen LogP contribution < -0.4 is 19.9 Å². The van der Waals surface area contributed by atoms with Crippen LogP contribution in [0.4, 0.5) is 5.69 Å². The molecule has 0 aliphatic carbocycles. The topological polar surface area (TPSA) is 101 Å². The molecule has 0 aliphatic rings. The van der Waals surface area contributed by atoms with Crippen LogP contribution in [-0.4, -0.2) is 31.1 Å². The van der Waals surface area contributed by atoms with Gasteiger partial charge in [-0.1, -0.05) is 0 Å². The highest BCUT2D eigenvalue weighted by Crippen LogP contribution is 2.29. The van der Waals surface area contributed by atoms with Gasteiger partial charge in [-0.05, 0) is 12.1 Å². The molecule has 0 fully saturated rings. The highest BCUT2D eigenvalue weighted by atomic mass is 32.1. The molecule has 0 saturated carbocycles. The number of anilines is 1. The zero-order valence-electron chi connectivity index (χ0n) is 12.6. The molecule has 0 spiro atoms. The number of methoxy groups -OCH3 is 2. The van der Waals surface area contributed by atoms with Crippen molar-refractivity contribution in [3.63, 3.8) is 0 Å². The van der Waals surface area contributed by atoms with Crippen LogP contribution in [-0.2, 0) is 22.4 Å². The van der Waals surface area contributed by atoms with Crippen LogP contribution in [0.1, 0.15) is 10.7 Å². The van der Waals surface area contributed by atoms with Crippen molar-refractivity contribution in [2.24, 2.45) is 0 Å². The van der Waals surface area contributed by atoms with Crippen molar-refractivity contribution in [2.75, 3.05) is 19.5 Å². The van der Waals surface area contributed by atoms with Crippen LogP contribution in [0.5, 0.6) is 11.5 Å². The third-order valence-corrected chi connectivity index (χ3v) is 3.81. The van der Waals surface area contributed by atoms with Crippen LogP contribution in [0.15, 0.2) is 23.6 Å². The first kappa shape index (κ1) is 16.8. The maximum Gasteiger partial charge on any atom is 0.231 e. The van der Waals surface area contributed by atoms with Gasteiger partial charge in [0.15, 0.2) is 0 Å². The molecule has 23 heavy (non-hydrogen) atoms. The van der Waals surface area contributed by atoms with E-state index in [0.717, 1.165) is 0 Å². The zero-order valence-corrected chi connectivity index (χ0v) is 13.4. The fraction of sp³-hybridized carbons (Fsp3) is 0.267. The standard InChI is InChI=1S/C15H16N2O5S/c1-21-10-3-4-12(22-2)11(6-10)17-13(18)7-14-16-9(8-23-14)5-15(19)20/h3-4,6,8H,5,7H2,1-2H3,(H,17,18)(H,19,20)/p-1. The van der Waals surface area contributed by atoms with Crippen LogP contribution >= 0.6 is 11.3 Å². The maximum absolute atomic E-state index is 12.1. The monoisotopic (exact) mass is 335 g/mol. The van der Waals surface area contributed by atoms with Crippen LogP contribution in [0.25, 0.3) is 0 Å². The maximum atomic E-state index is 12.1. The lowest BCUT2D eigenvalue weighted by Gasteiger charge is -2.11. The van der Waals surface area contributed by atoms with Gasteiger partial charge in [-0.15, -0.1) is 11.3 Å². The quantitative estimate of drug-likeness (QED) is 0.797. The lowest BCUT2D eigenvalue weighted by atomic mass is 10.2. The first-order valence-corrected chi connectivity index (χ1v) is 7.54. The number of nitrogens with one attached hydrogen (secondary N) is 1. The Kier molecular flexibility index (Phi) is 5.53. The van der Waals surface area contributed by atoms with Gasteiger partial charge in [-0.3, -0.25) is 4.79 Å². The zero-order chi connectivity index (χ0) is 16.8. The second kappa shape index (κ2) is 7.59. The van der Waals surface area contributed by atoms with Crippen molar-refractivity contribution in [1.82, 2.24) is 4.98 Å². The third kappa shape index (κ3) is 4.68. The number of rotatable bonds is 7. The highest BCUT2D eigenvalue weighted by Gasteiger charge is 2.12. The Morgan fingerprint density at radius 3 is 2.70 bits per heavy atom. The molecule has 0 aliphatic heterocycles. The summed E-state index contributed by atoms with van der Waals surface area (Å²) in [6, 6.07) is 5.07. The summed E-state index contributed by atoms with van der Waals surface area (Å²) in [5, 5.41) is 15.4. The number of nitrogens with zero attached hydrogens (tertiary/aromatic N) is 1. The van der Waals surface area contributed by atoms with Gasteiger partial charge in [-0.25, -0.2) is 4.98 Å². The van der Waals surface area contributed by atoms with Crippen molar-refractivity contribution in [3.8, 4) is 11.5 Å². The molecule has 8 heteroatoms. The van der Waals surface area contributed by atoms with Gasteiger partial charge in [-0.2, -0.15) is 0 Å². The van der Waals surface area contributed by atoms with E-state index in [9.17, 15) is 14.7 Å². The van der Waals surface area contributed by atoms with Gasteiger partial charge in [0.25, 0.3) is 0 Å². The lowest BCUT2D eigenvalue weighted by molar-refractivity contribution is -0.304. The number of amides is 1. The molecule has 0 saturated heterocycles. The molecule has 1 aromatic heterocycles.